The molecule has 0 aliphatic carbocycles. The summed E-state index contributed by atoms with van der Waals surface area (Å²) in [6.07, 6.45) is 2.13. The summed E-state index contributed by atoms with van der Waals surface area (Å²) in [5.41, 5.74) is 2.58. The van der Waals surface area contributed by atoms with Crippen molar-refractivity contribution >= 4 is 5.71 Å². The van der Waals surface area contributed by atoms with Gasteiger partial charge in [0.15, 0.2) is 0 Å². The molecule has 1 heterocycles. The first kappa shape index (κ1) is 10.5. The van der Waals surface area contributed by atoms with E-state index in [9.17, 15) is 0 Å². The first-order valence-corrected chi connectivity index (χ1v) is 4.99. The zero-order valence-corrected chi connectivity index (χ0v) is 9.26. The van der Waals surface area contributed by atoms with Crippen molar-refractivity contribution in [3.8, 4) is 0 Å². The second-order valence-corrected chi connectivity index (χ2v) is 3.91. The summed E-state index contributed by atoms with van der Waals surface area (Å²) >= 11 is 0. The topological polar surface area (TPSA) is 34.3 Å². The van der Waals surface area contributed by atoms with Crippen LogP contribution in [0.3, 0.4) is 0 Å². The van der Waals surface area contributed by atoms with Gasteiger partial charge in [0, 0.05) is 11.8 Å². The minimum Gasteiger partial charge on any atom is -0.303 e. The summed E-state index contributed by atoms with van der Waals surface area (Å²) in [6.45, 7) is 10.6. The normalized spacial score (nSPS) is 31.8. The van der Waals surface area contributed by atoms with Crippen LogP contribution in [0.4, 0.5) is 0 Å². The van der Waals surface area contributed by atoms with Crippen molar-refractivity contribution in [2.24, 2.45) is 4.99 Å². The van der Waals surface area contributed by atoms with Crippen molar-refractivity contribution in [2.75, 3.05) is 0 Å². The molecular weight excluding hydrogens is 160 g/mol. The molecule has 0 radical (unpaired) electrons. The molecule has 74 valence electrons. The van der Waals surface area contributed by atoms with Crippen LogP contribution in [-0.2, 0) is 0 Å². The van der Waals surface area contributed by atoms with E-state index in [1.807, 2.05) is 0 Å². The summed E-state index contributed by atoms with van der Waals surface area (Å²) in [4.78, 5) is 4.65. The van der Waals surface area contributed by atoms with Gasteiger partial charge in [-0.05, 0) is 34.6 Å². The van der Waals surface area contributed by atoms with Crippen LogP contribution in [0, 0.1) is 0 Å². The lowest BCUT2D eigenvalue weighted by molar-refractivity contribution is 0.852. The Kier molecular flexibility index (Phi) is 3.26. The fourth-order valence-electron chi connectivity index (χ4n) is 1.44. The van der Waals surface area contributed by atoms with Gasteiger partial charge >= 0.3 is 0 Å². The maximum atomic E-state index is 4.65. The Balaban J connectivity index is 2.54. The molecule has 2 nitrogen and oxygen atoms in total. The van der Waals surface area contributed by atoms with Crippen molar-refractivity contribution < 1.29 is 0 Å². The molecule has 0 aromatic carbocycles. The van der Waals surface area contributed by atoms with Crippen molar-refractivity contribution in [3.63, 3.8) is 0 Å². The van der Waals surface area contributed by atoms with Crippen molar-refractivity contribution in [1.82, 2.24) is 5.32 Å². The Morgan fingerprint density at radius 1 is 1.46 bits per heavy atom. The van der Waals surface area contributed by atoms with E-state index in [1.54, 1.807) is 0 Å². The number of nitrogens with zero attached hydrogens (tertiary/aromatic N) is 1. The van der Waals surface area contributed by atoms with Gasteiger partial charge in [-0.3, -0.25) is 4.99 Å². The number of hydrogen-bond acceptors (Lipinski definition) is 2. The van der Waals surface area contributed by atoms with E-state index in [0.29, 0.717) is 18.1 Å². The van der Waals surface area contributed by atoms with Crippen LogP contribution in [-0.4, -0.2) is 23.8 Å². The molecule has 3 atom stereocenters. The average Bonchev–Trinajstić information content (AvgIpc) is 2.81. The van der Waals surface area contributed by atoms with E-state index in [4.69, 9.17) is 0 Å². The molecule has 1 rings (SSSR count). The van der Waals surface area contributed by atoms with Gasteiger partial charge in [0.05, 0.1) is 12.1 Å². The van der Waals surface area contributed by atoms with E-state index in [1.165, 1.54) is 11.3 Å². The van der Waals surface area contributed by atoms with Crippen LogP contribution in [0.1, 0.15) is 34.6 Å². The van der Waals surface area contributed by atoms with Crippen LogP contribution < -0.4 is 5.32 Å². The summed E-state index contributed by atoms with van der Waals surface area (Å²) in [7, 11) is 0. The van der Waals surface area contributed by atoms with Crippen LogP contribution in [0.5, 0.6) is 0 Å². The molecule has 1 saturated heterocycles. The van der Waals surface area contributed by atoms with E-state index >= 15 is 0 Å². The molecule has 0 aromatic heterocycles. The highest BCUT2D eigenvalue weighted by Crippen LogP contribution is 2.14. The zero-order chi connectivity index (χ0) is 10.0. The molecule has 0 bridgehead atoms. The minimum atomic E-state index is 0.333. The standard InChI is InChI=1S/C11H20N2/c1-6-7(2)8(3)12-9(4)11-10(5)13-11/h6,8,10-11,13H,1-5H3. The molecule has 2 heteroatoms. The average molecular weight is 180 g/mol. The molecule has 1 aliphatic heterocycles. The second-order valence-electron chi connectivity index (χ2n) is 3.91. The Morgan fingerprint density at radius 3 is 2.38 bits per heavy atom. The molecule has 0 aromatic rings. The number of aliphatic imine (C=N–C) groups is 1. The fourth-order valence-corrected chi connectivity index (χ4v) is 1.44. The predicted molar refractivity (Wildman–Crippen MR) is 58.4 cm³/mol. The monoisotopic (exact) mass is 180 g/mol. The highest BCUT2D eigenvalue weighted by molar-refractivity contribution is 5.90. The Hall–Kier alpha value is -0.630. The summed E-state index contributed by atoms with van der Waals surface area (Å²) in [6, 6.07) is 1.49. The smallest absolute Gasteiger partial charge is 0.0678 e. The lowest BCUT2D eigenvalue weighted by Gasteiger charge is -2.07. The molecule has 1 aliphatic rings. The molecule has 0 amide bonds. The number of rotatable bonds is 3. The first-order chi connectivity index (χ1) is 6.06. The van der Waals surface area contributed by atoms with Crippen molar-refractivity contribution in [3.05, 3.63) is 11.6 Å². The van der Waals surface area contributed by atoms with Crippen molar-refractivity contribution in [1.29, 1.82) is 0 Å². The number of allylic oxidation sites excluding steroid dienone is 1. The molecule has 0 spiro atoms. The molecule has 3 unspecified atom stereocenters. The van der Waals surface area contributed by atoms with E-state index in [2.05, 4.69) is 51.0 Å². The van der Waals surface area contributed by atoms with Gasteiger partial charge in [0.1, 0.15) is 0 Å². The highest BCUT2D eigenvalue weighted by atomic mass is 15.2. The minimum absolute atomic E-state index is 0.333. The first-order valence-electron chi connectivity index (χ1n) is 4.99. The molecule has 0 saturated carbocycles. The van der Waals surface area contributed by atoms with E-state index in [0.717, 1.165) is 0 Å². The van der Waals surface area contributed by atoms with Gasteiger partial charge < -0.3 is 5.32 Å². The third kappa shape index (κ3) is 2.66. The van der Waals surface area contributed by atoms with Crippen LogP contribution >= 0.6 is 0 Å². The molecule has 13 heavy (non-hydrogen) atoms. The maximum absolute atomic E-state index is 4.65. The summed E-state index contributed by atoms with van der Waals surface area (Å²) in [5.74, 6) is 0. The third-order valence-corrected chi connectivity index (χ3v) is 2.80. The Bertz CT molecular complexity index is 240. The Labute approximate surface area is 81.1 Å². The van der Waals surface area contributed by atoms with Gasteiger partial charge in [-0.25, -0.2) is 0 Å². The fraction of sp³-hybridized carbons (Fsp3) is 0.727. The van der Waals surface area contributed by atoms with Gasteiger partial charge in [-0.15, -0.1) is 0 Å². The lowest BCUT2D eigenvalue weighted by atomic mass is 10.1. The number of hydrogen-bond donors (Lipinski definition) is 1. The van der Waals surface area contributed by atoms with Crippen LogP contribution in [0.15, 0.2) is 16.6 Å². The predicted octanol–water partition coefficient (Wildman–Crippen LogP) is 2.16. The van der Waals surface area contributed by atoms with Gasteiger partial charge in [0.2, 0.25) is 0 Å². The summed E-state index contributed by atoms with van der Waals surface area (Å²) in [5, 5.41) is 3.34. The maximum Gasteiger partial charge on any atom is 0.0678 e. The van der Waals surface area contributed by atoms with E-state index < -0.39 is 0 Å². The quantitative estimate of drug-likeness (QED) is 0.403. The van der Waals surface area contributed by atoms with Gasteiger partial charge in [0.25, 0.3) is 0 Å². The van der Waals surface area contributed by atoms with Crippen LogP contribution in [0.25, 0.3) is 0 Å². The van der Waals surface area contributed by atoms with Gasteiger partial charge in [-0.1, -0.05) is 11.6 Å². The SMILES string of the molecule is CC=C(C)C(C)N=C(C)C1NC1C. The zero-order valence-electron chi connectivity index (χ0n) is 9.26. The third-order valence-electron chi connectivity index (χ3n) is 2.80. The molecular formula is C11H20N2. The summed E-state index contributed by atoms with van der Waals surface area (Å²) < 4.78 is 0. The lowest BCUT2D eigenvalue weighted by Crippen LogP contribution is -2.11. The Morgan fingerprint density at radius 2 is 2.00 bits per heavy atom. The highest BCUT2D eigenvalue weighted by Gasteiger charge is 2.33. The van der Waals surface area contributed by atoms with Crippen LogP contribution in [0.2, 0.25) is 0 Å². The largest absolute Gasteiger partial charge is 0.303 e. The van der Waals surface area contributed by atoms with Gasteiger partial charge in [-0.2, -0.15) is 0 Å². The molecule has 1 N–H and O–H groups in total. The van der Waals surface area contributed by atoms with Crippen molar-refractivity contribution in [2.45, 2.75) is 52.7 Å². The second kappa shape index (κ2) is 4.05. The molecule has 1 fully saturated rings. The van der Waals surface area contributed by atoms with E-state index in [-0.39, 0.29) is 0 Å². The number of nitrogens with one attached hydrogen (secondary N) is 1.